The van der Waals surface area contributed by atoms with Crippen LogP contribution in [0.3, 0.4) is 0 Å². The Morgan fingerprint density at radius 1 is 1.33 bits per heavy atom. The molecule has 10 heteroatoms. The first kappa shape index (κ1) is 16.0. The Hall–Kier alpha value is -2.91. The number of nitrogens with one attached hydrogen (secondary N) is 2. The lowest BCUT2D eigenvalue weighted by Crippen LogP contribution is -2.49. The number of hydrogen-bond donors (Lipinski definition) is 2. The van der Waals surface area contributed by atoms with Crippen LogP contribution in [0.15, 0.2) is 17.1 Å². The molecule has 3 heterocycles. The molecule has 0 saturated carbocycles. The molecule has 24 heavy (non-hydrogen) atoms. The van der Waals surface area contributed by atoms with Gasteiger partial charge in [-0.1, -0.05) is 0 Å². The molecule has 0 aromatic carbocycles. The summed E-state index contributed by atoms with van der Waals surface area (Å²) in [5.41, 5.74) is -0.357. The van der Waals surface area contributed by atoms with Crippen molar-refractivity contribution in [1.82, 2.24) is 30.0 Å². The quantitative estimate of drug-likeness (QED) is 0.733. The number of aryl methyl sites for hydroxylation is 1. The smallest absolute Gasteiger partial charge is 0.340 e. The topological polar surface area (TPSA) is 120 Å². The number of methoxy groups -OCH3 is 1. The van der Waals surface area contributed by atoms with Crippen LogP contribution in [-0.4, -0.2) is 69.2 Å². The molecule has 0 atom stereocenters. The van der Waals surface area contributed by atoms with Crippen LogP contribution in [0.2, 0.25) is 0 Å². The zero-order valence-electron chi connectivity index (χ0n) is 13.4. The van der Waals surface area contributed by atoms with Crippen LogP contribution in [0, 0.1) is 0 Å². The predicted molar refractivity (Wildman–Crippen MR) is 84.9 cm³/mol. The molecule has 10 nitrogen and oxygen atoms in total. The normalized spacial score (nSPS) is 14.7. The molecular weight excluding hydrogens is 314 g/mol. The summed E-state index contributed by atoms with van der Waals surface area (Å²) in [5.74, 6) is 1.67. The maximum Gasteiger partial charge on any atom is 0.340 e. The molecule has 0 spiro atoms. The molecule has 1 aliphatic heterocycles. The third kappa shape index (κ3) is 3.70. The van der Waals surface area contributed by atoms with E-state index in [2.05, 4.69) is 25.1 Å². The van der Waals surface area contributed by atoms with Crippen LogP contribution in [0.5, 0.6) is 5.88 Å². The molecule has 1 saturated heterocycles. The van der Waals surface area contributed by atoms with Crippen molar-refractivity contribution in [3.05, 3.63) is 28.6 Å². The summed E-state index contributed by atoms with van der Waals surface area (Å²) >= 11 is 0. The molecule has 1 fully saturated rings. The van der Waals surface area contributed by atoms with Gasteiger partial charge in [0.05, 0.1) is 7.11 Å². The van der Waals surface area contributed by atoms with Crippen LogP contribution in [-0.2, 0) is 11.2 Å². The zero-order chi connectivity index (χ0) is 16.9. The first-order chi connectivity index (χ1) is 11.7. The summed E-state index contributed by atoms with van der Waals surface area (Å²) in [6, 6.07) is 1.70. The fraction of sp³-hybridized carbons (Fsp3) is 0.500. The second-order valence-corrected chi connectivity index (χ2v) is 5.39. The Morgan fingerprint density at radius 3 is 2.79 bits per heavy atom. The number of nitrogens with zero attached hydrogens (tertiary/aromatic N) is 5. The molecule has 0 bridgehead atoms. The molecule has 1 aliphatic rings. The maximum atomic E-state index is 12.2. The lowest BCUT2D eigenvalue weighted by molar-refractivity contribution is -0.131. The Bertz CT molecular complexity index is 749. The van der Waals surface area contributed by atoms with E-state index in [4.69, 9.17) is 4.74 Å². The third-order valence-electron chi connectivity index (χ3n) is 3.87. The van der Waals surface area contributed by atoms with Crippen LogP contribution in [0.25, 0.3) is 0 Å². The number of amides is 1. The van der Waals surface area contributed by atoms with E-state index < -0.39 is 0 Å². The van der Waals surface area contributed by atoms with Gasteiger partial charge in [0.25, 0.3) is 0 Å². The van der Waals surface area contributed by atoms with Crippen molar-refractivity contribution in [2.45, 2.75) is 12.8 Å². The van der Waals surface area contributed by atoms with Gasteiger partial charge in [0.1, 0.15) is 5.82 Å². The van der Waals surface area contributed by atoms with Gasteiger partial charge < -0.3 is 14.5 Å². The van der Waals surface area contributed by atoms with Crippen LogP contribution < -0.4 is 15.3 Å². The van der Waals surface area contributed by atoms with E-state index >= 15 is 0 Å². The highest BCUT2D eigenvalue weighted by molar-refractivity contribution is 5.76. The number of carbonyl (C=O) groups is 1. The van der Waals surface area contributed by atoms with Gasteiger partial charge in [-0.25, -0.2) is 14.9 Å². The Morgan fingerprint density at radius 2 is 2.12 bits per heavy atom. The molecule has 2 N–H and O–H groups in total. The van der Waals surface area contributed by atoms with Crippen LogP contribution in [0.4, 0.5) is 5.95 Å². The number of aromatic nitrogens is 5. The summed E-state index contributed by atoms with van der Waals surface area (Å²) in [6.07, 6.45) is 2.39. The molecule has 0 radical (unpaired) electrons. The second kappa shape index (κ2) is 7.11. The first-order valence-corrected chi connectivity index (χ1v) is 7.69. The number of carbonyl (C=O) groups excluding carboxylic acids is 1. The molecule has 1 amide bonds. The van der Waals surface area contributed by atoms with Crippen molar-refractivity contribution >= 4 is 11.9 Å². The lowest BCUT2D eigenvalue weighted by Gasteiger charge is -2.34. The number of ether oxygens (including phenoxy) is 1. The van der Waals surface area contributed by atoms with E-state index in [-0.39, 0.29) is 11.6 Å². The molecular formula is C14H19N7O3. The highest BCUT2D eigenvalue weighted by Crippen LogP contribution is 2.15. The number of hydrogen-bond acceptors (Lipinski definition) is 7. The highest BCUT2D eigenvalue weighted by Gasteiger charge is 2.22. The standard InChI is InChI=1S/C14H19N7O3/c1-24-11-4-5-15-13(17-11)21-8-6-20(7-9-21)12(22)3-2-10-16-14(23)19-18-10/h4-5H,2-3,6-9H2,1H3,(H2,16,18,19,23). The largest absolute Gasteiger partial charge is 0.481 e. The number of rotatable bonds is 5. The van der Waals surface area contributed by atoms with E-state index in [0.717, 1.165) is 0 Å². The number of piperazine rings is 1. The van der Waals surface area contributed by atoms with Crippen LogP contribution >= 0.6 is 0 Å². The van der Waals surface area contributed by atoms with Gasteiger partial charge in [-0.2, -0.15) is 10.1 Å². The fourth-order valence-corrected chi connectivity index (χ4v) is 2.56. The maximum absolute atomic E-state index is 12.2. The van der Waals surface area contributed by atoms with E-state index in [9.17, 15) is 9.59 Å². The summed E-state index contributed by atoms with van der Waals surface area (Å²) in [4.78, 5) is 38.1. The van der Waals surface area contributed by atoms with Crippen molar-refractivity contribution in [3.8, 4) is 5.88 Å². The van der Waals surface area contributed by atoms with Crippen molar-refractivity contribution in [3.63, 3.8) is 0 Å². The number of anilines is 1. The summed E-state index contributed by atoms with van der Waals surface area (Å²) < 4.78 is 5.10. The number of aromatic amines is 2. The minimum atomic E-state index is -0.357. The van der Waals surface area contributed by atoms with Gasteiger partial charge in [-0.3, -0.25) is 9.78 Å². The van der Waals surface area contributed by atoms with E-state index in [1.165, 1.54) is 0 Å². The van der Waals surface area contributed by atoms with Gasteiger partial charge in [0, 0.05) is 51.3 Å². The highest BCUT2D eigenvalue weighted by atomic mass is 16.5. The minimum absolute atomic E-state index is 0.0464. The summed E-state index contributed by atoms with van der Waals surface area (Å²) in [5, 5.41) is 6.09. The van der Waals surface area contributed by atoms with Gasteiger partial charge >= 0.3 is 5.69 Å². The van der Waals surface area contributed by atoms with Crippen molar-refractivity contribution in [2.24, 2.45) is 0 Å². The van der Waals surface area contributed by atoms with Gasteiger partial charge in [0.2, 0.25) is 17.7 Å². The monoisotopic (exact) mass is 333 g/mol. The van der Waals surface area contributed by atoms with Crippen molar-refractivity contribution in [2.75, 3.05) is 38.2 Å². The Balaban J connectivity index is 1.50. The summed E-state index contributed by atoms with van der Waals surface area (Å²) in [6.45, 7) is 2.54. The molecule has 0 aliphatic carbocycles. The van der Waals surface area contributed by atoms with Gasteiger partial charge in [-0.05, 0) is 0 Å². The van der Waals surface area contributed by atoms with Crippen LogP contribution in [0.1, 0.15) is 12.2 Å². The molecule has 2 aromatic rings. The lowest BCUT2D eigenvalue weighted by atomic mass is 10.2. The van der Waals surface area contributed by atoms with Gasteiger partial charge in [-0.15, -0.1) is 0 Å². The summed E-state index contributed by atoms with van der Waals surface area (Å²) in [7, 11) is 1.56. The number of H-pyrrole nitrogens is 2. The molecule has 3 rings (SSSR count). The van der Waals surface area contributed by atoms with E-state index in [1.807, 2.05) is 4.90 Å². The van der Waals surface area contributed by atoms with Gasteiger partial charge in [0.15, 0.2) is 0 Å². The average molecular weight is 333 g/mol. The SMILES string of the molecule is COc1ccnc(N2CCN(C(=O)CCc3n[nH]c(=O)[nH]3)CC2)n1. The fourth-order valence-electron chi connectivity index (χ4n) is 2.56. The second-order valence-electron chi connectivity index (χ2n) is 5.39. The molecule has 0 unspecified atom stereocenters. The van der Waals surface area contributed by atoms with Crippen molar-refractivity contribution in [1.29, 1.82) is 0 Å². The first-order valence-electron chi connectivity index (χ1n) is 7.69. The van der Waals surface area contributed by atoms with Crippen molar-refractivity contribution < 1.29 is 9.53 Å². The zero-order valence-corrected chi connectivity index (χ0v) is 13.4. The molecule has 2 aromatic heterocycles. The van der Waals surface area contributed by atoms with E-state index in [1.54, 1.807) is 24.3 Å². The average Bonchev–Trinajstić information content (AvgIpc) is 3.05. The Labute approximate surface area is 137 Å². The van der Waals surface area contributed by atoms with E-state index in [0.29, 0.717) is 56.7 Å². The Kier molecular flexibility index (Phi) is 4.73. The third-order valence-corrected chi connectivity index (χ3v) is 3.87. The predicted octanol–water partition coefficient (Wildman–Crippen LogP) is -0.822. The molecule has 128 valence electrons. The minimum Gasteiger partial charge on any atom is -0.481 e.